The van der Waals surface area contributed by atoms with Crippen molar-refractivity contribution < 1.29 is 4.39 Å². The summed E-state index contributed by atoms with van der Waals surface area (Å²) in [4.78, 5) is 0. The van der Waals surface area contributed by atoms with Crippen LogP contribution < -0.4 is 5.32 Å². The van der Waals surface area contributed by atoms with Gasteiger partial charge >= 0.3 is 0 Å². The van der Waals surface area contributed by atoms with Gasteiger partial charge in [0.25, 0.3) is 0 Å². The fraction of sp³-hybridized carbons (Fsp3) is 0.188. The maximum atomic E-state index is 12.8. The van der Waals surface area contributed by atoms with Gasteiger partial charge in [-0.3, -0.25) is 0 Å². The summed E-state index contributed by atoms with van der Waals surface area (Å²) in [6.07, 6.45) is 1.30. The maximum Gasteiger partial charge on any atom is 0.123 e. The highest BCUT2D eigenvalue weighted by atomic mass is 19.1. The Labute approximate surface area is 113 Å². The number of halogens is 1. The molecule has 0 saturated heterocycles. The second-order valence-electron chi connectivity index (χ2n) is 3.87. The van der Waals surface area contributed by atoms with E-state index in [0.29, 0.717) is 0 Å². The van der Waals surface area contributed by atoms with Crippen LogP contribution in [-0.4, -0.2) is 6.21 Å². The topological polar surface area (TPSA) is 35.9 Å². The second-order valence-corrected chi connectivity index (χ2v) is 3.87. The summed E-state index contributed by atoms with van der Waals surface area (Å²) < 4.78 is 12.8. The number of rotatable bonds is 3. The quantitative estimate of drug-likeness (QED) is 0.754. The molecule has 0 atom stereocenters. The van der Waals surface area contributed by atoms with Crippen LogP contribution in [0.2, 0.25) is 0 Å². The number of aryl methyl sites for hydroxylation is 1. The molecule has 0 saturated carbocycles. The van der Waals surface area contributed by atoms with Gasteiger partial charge in [0.15, 0.2) is 0 Å². The van der Waals surface area contributed by atoms with Crippen LogP contribution in [0.1, 0.15) is 25.0 Å². The van der Waals surface area contributed by atoms with Crippen LogP contribution in [0.15, 0.2) is 42.5 Å². The number of hydrogen-bond acceptors (Lipinski definition) is 2. The van der Waals surface area contributed by atoms with Crippen LogP contribution in [0, 0.1) is 18.2 Å². The average molecular weight is 258 g/mol. The molecule has 0 amide bonds. The maximum absolute atomic E-state index is 12.8. The third-order valence-corrected chi connectivity index (χ3v) is 2.49. The Bertz CT molecular complexity index is 533. The lowest BCUT2D eigenvalue weighted by molar-refractivity contribution is 0.628. The highest BCUT2D eigenvalue weighted by Crippen LogP contribution is 2.21. The largest absolute Gasteiger partial charge is 0.355 e. The zero-order valence-corrected chi connectivity index (χ0v) is 11.5. The molecule has 0 bridgehead atoms. The van der Waals surface area contributed by atoms with Gasteiger partial charge < -0.3 is 10.7 Å². The Morgan fingerprint density at radius 3 is 2.26 bits per heavy atom. The Kier molecular flexibility index (Phi) is 5.73. The Morgan fingerprint density at radius 2 is 1.68 bits per heavy atom. The van der Waals surface area contributed by atoms with Gasteiger partial charge in [-0.15, -0.1) is 0 Å². The summed E-state index contributed by atoms with van der Waals surface area (Å²) >= 11 is 0. The molecule has 0 aliphatic heterocycles. The molecule has 19 heavy (non-hydrogen) atoms. The molecule has 2 aromatic carbocycles. The van der Waals surface area contributed by atoms with E-state index in [9.17, 15) is 4.39 Å². The standard InChI is InChI=1S/C14H13FN2.C2H6/c1-10-2-7-14(11(8-10)9-16)17-13-5-3-12(15)4-6-13;1-2/h2-9,16-17H,1H3;1-2H3. The van der Waals surface area contributed by atoms with Gasteiger partial charge in [-0.25, -0.2) is 4.39 Å². The Morgan fingerprint density at radius 1 is 1.05 bits per heavy atom. The van der Waals surface area contributed by atoms with E-state index in [1.165, 1.54) is 18.3 Å². The van der Waals surface area contributed by atoms with Crippen molar-refractivity contribution in [1.82, 2.24) is 0 Å². The minimum atomic E-state index is -0.258. The van der Waals surface area contributed by atoms with Crippen LogP contribution >= 0.6 is 0 Å². The average Bonchev–Trinajstić information content (AvgIpc) is 2.45. The van der Waals surface area contributed by atoms with Crippen molar-refractivity contribution in [2.75, 3.05) is 5.32 Å². The van der Waals surface area contributed by atoms with Gasteiger partial charge in [-0.05, 0) is 43.3 Å². The minimum absolute atomic E-state index is 0.258. The van der Waals surface area contributed by atoms with Gasteiger partial charge in [0.1, 0.15) is 5.82 Å². The van der Waals surface area contributed by atoms with E-state index < -0.39 is 0 Å². The van der Waals surface area contributed by atoms with E-state index in [1.54, 1.807) is 12.1 Å². The van der Waals surface area contributed by atoms with Crippen molar-refractivity contribution in [3.63, 3.8) is 0 Å². The van der Waals surface area contributed by atoms with E-state index >= 15 is 0 Å². The molecule has 0 aliphatic carbocycles. The summed E-state index contributed by atoms with van der Waals surface area (Å²) in [5, 5.41) is 10.5. The number of hydrogen-bond donors (Lipinski definition) is 2. The summed E-state index contributed by atoms with van der Waals surface area (Å²) in [7, 11) is 0. The zero-order valence-electron chi connectivity index (χ0n) is 11.5. The first kappa shape index (κ1) is 14.9. The molecule has 100 valence electrons. The molecule has 2 rings (SSSR count). The predicted molar refractivity (Wildman–Crippen MR) is 80.1 cm³/mol. The van der Waals surface area contributed by atoms with Crippen LogP contribution in [0.3, 0.4) is 0 Å². The van der Waals surface area contributed by atoms with Crippen molar-refractivity contribution in [3.05, 3.63) is 59.4 Å². The predicted octanol–water partition coefficient (Wildman–Crippen LogP) is 4.90. The lowest BCUT2D eigenvalue weighted by Gasteiger charge is -2.10. The molecule has 0 radical (unpaired) electrons. The van der Waals surface area contributed by atoms with Gasteiger partial charge in [-0.2, -0.15) is 0 Å². The molecule has 2 nitrogen and oxygen atoms in total. The summed E-state index contributed by atoms with van der Waals surface area (Å²) in [6.45, 7) is 5.98. The van der Waals surface area contributed by atoms with E-state index in [4.69, 9.17) is 5.41 Å². The molecule has 0 fully saturated rings. The number of anilines is 2. The van der Waals surface area contributed by atoms with E-state index in [1.807, 2.05) is 39.0 Å². The third kappa shape index (κ3) is 4.21. The molecule has 0 aromatic heterocycles. The Balaban J connectivity index is 0.000000861. The lowest BCUT2D eigenvalue weighted by atomic mass is 10.1. The van der Waals surface area contributed by atoms with Crippen molar-refractivity contribution in [2.24, 2.45) is 0 Å². The van der Waals surface area contributed by atoms with Crippen molar-refractivity contribution in [2.45, 2.75) is 20.8 Å². The smallest absolute Gasteiger partial charge is 0.123 e. The van der Waals surface area contributed by atoms with Crippen molar-refractivity contribution in [3.8, 4) is 0 Å². The number of nitrogens with one attached hydrogen (secondary N) is 2. The molecule has 0 spiro atoms. The highest BCUT2D eigenvalue weighted by Gasteiger charge is 2.01. The first-order chi connectivity index (χ1) is 9.19. The summed E-state index contributed by atoms with van der Waals surface area (Å²) in [6, 6.07) is 12.0. The molecule has 0 heterocycles. The van der Waals surface area contributed by atoms with Crippen LogP contribution in [-0.2, 0) is 0 Å². The molecule has 2 N–H and O–H groups in total. The fourth-order valence-electron chi connectivity index (χ4n) is 1.60. The third-order valence-electron chi connectivity index (χ3n) is 2.49. The lowest BCUT2D eigenvalue weighted by Crippen LogP contribution is -1.95. The van der Waals surface area contributed by atoms with Gasteiger partial charge in [-0.1, -0.05) is 25.5 Å². The summed E-state index contributed by atoms with van der Waals surface area (Å²) in [5.41, 5.74) is 3.57. The molecular formula is C16H19FN2. The molecular weight excluding hydrogens is 239 g/mol. The zero-order chi connectivity index (χ0) is 14.3. The first-order valence-corrected chi connectivity index (χ1v) is 6.33. The van der Waals surface area contributed by atoms with Gasteiger partial charge in [0.05, 0.1) is 0 Å². The highest BCUT2D eigenvalue weighted by molar-refractivity contribution is 5.87. The molecule has 2 aromatic rings. The van der Waals surface area contributed by atoms with Gasteiger partial charge in [0, 0.05) is 23.2 Å². The fourth-order valence-corrected chi connectivity index (χ4v) is 1.60. The monoisotopic (exact) mass is 258 g/mol. The SMILES string of the molecule is CC.Cc1ccc(Nc2ccc(F)cc2)c(C=N)c1. The van der Waals surface area contributed by atoms with E-state index in [0.717, 1.165) is 22.5 Å². The van der Waals surface area contributed by atoms with Gasteiger partial charge in [0.2, 0.25) is 0 Å². The molecule has 0 unspecified atom stereocenters. The number of benzene rings is 2. The first-order valence-electron chi connectivity index (χ1n) is 6.33. The molecule has 0 aliphatic rings. The van der Waals surface area contributed by atoms with Crippen molar-refractivity contribution in [1.29, 1.82) is 5.41 Å². The molecule has 3 heteroatoms. The van der Waals surface area contributed by atoms with Crippen LogP contribution in [0.5, 0.6) is 0 Å². The minimum Gasteiger partial charge on any atom is -0.355 e. The van der Waals surface area contributed by atoms with E-state index in [2.05, 4.69) is 5.32 Å². The van der Waals surface area contributed by atoms with Crippen LogP contribution in [0.25, 0.3) is 0 Å². The normalized spacial score (nSPS) is 9.26. The van der Waals surface area contributed by atoms with Crippen molar-refractivity contribution >= 4 is 17.6 Å². The summed E-state index contributed by atoms with van der Waals surface area (Å²) in [5.74, 6) is -0.258. The second kappa shape index (κ2) is 7.31. The van der Waals surface area contributed by atoms with E-state index in [-0.39, 0.29) is 5.82 Å². The van der Waals surface area contributed by atoms with Crippen LogP contribution in [0.4, 0.5) is 15.8 Å². The Hall–Kier alpha value is -2.16.